The molecule has 1 aliphatic rings. The number of benzene rings is 2. The van der Waals surface area contributed by atoms with Crippen molar-refractivity contribution in [1.29, 1.82) is 5.26 Å². The van der Waals surface area contributed by atoms with E-state index in [-0.39, 0.29) is 18.4 Å². The fraction of sp³-hybridized carbons (Fsp3) is 0.348. The minimum atomic E-state index is 0. The van der Waals surface area contributed by atoms with Crippen LogP contribution in [0.1, 0.15) is 29.7 Å². The number of nitrogen functional groups attached to an aromatic ring is 1. The van der Waals surface area contributed by atoms with Crippen LogP contribution in [-0.2, 0) is 11.2 Å². The summed E-state index contributed by atoms with van der Waals surface area (Å²) < 4.78 is 10.6. The van der Waals surface area contributed by atoms with Crippen molar-refractivity contribution >= 4 is 46.3 Å². The lowest BCUT2D eigenvalue weighted by molar-refractivity contribution is 0.180. The molecule has 2 aromatic carbocycles. The molecule has 2 heterocycles. The lowest BCUT2D eigenvalue weighted by Crippen LogP contribution is -2.34. The van der Waals surface area contributed by atoms with Crippen LogP contribution in [0.2, 0.25) is 5.02 Å². The number of ether oxygens (including phenoxy) is 2. The maximum Gasteiger partial charge on any atom is 0.159 e. The smallest absolute Gasteiger partial charge is 0.159 e. The zero-order valence-corrected chi connectivity index (χ0v) is 19.5. The van der Waals surface area contributed by atoms with Crippen molar-refractivity contribution in [2.45, 2.75) is 25.3 Å². The van der Waals surface area contributed by atoms with Gasteiger partial charge in [0, 0.05) is 30.8 Å². The van der Waals surface area contributed by atoms with Gasteiger partial charge in [-0.25, -0.2) is 0 Å². The molecule has 0 aliphatic carbocycles. The van der Waals surface area contributed by atoms with Crippen LogP contribution in [0.3, 0.4) is 0 Å². The van der Waals surface area contributed by atoms with Crippen molar-refractivity contribution in [3.8, 4) is 11.8 Å². The molecular weight excluding hydrogens is 449 g/mol. The second kappa shape index (κ2) is 10.2. The summed E-state index contributed by atoms with van der Waals surface area (Å²) in [5.41, 5.74) is 8.95. The molecule has 1 aliphatic heterocycles. The van der Waals surface area contributed by atoms with Gasteiger partial charge in [-0.15, -0.1) is 17.5 Å². The number of hydrogen-bond donors (Lipinski definition) is 1. The van der Waals surface area contributed by atoms with Gasteiger partial charge in [0.2, 0.25) is 0 Å². The molecule has 2 N–H and O–H groups in total. The number of methoxy groups -OCH3 is 2. The van der Waals surface area contributed by atoms with E-state index in [1.54, 1.807) is 20.3 Å². The summed E-state index contributed by atoms with van der Waals surface area (Å²) in [6.07, 6.45) is 2.58. The quantitative estimate of drug-likeness (QED) is 0.530. The molecule has 1 atom stereocenters. The van der Waals surface area contributed by atoms with Crippen LogP contribution in [0, 0.1) is 11.3 Å². The first-order valence-electron chi connectivity index (χ1n) is 10.1. The lowest BCUT2D eigenvalue weighted by atomic mass is 10.00. The molecule has 3 aromatic rings. The molecule has 0 spiro atoms. The van der Waals surface area contributed by atoms with Crippen LogP contribution in [-0.4, -0.2) is 43.6 Å². The van der Waals surface area contributed by atoms with Crippen molar-refractivity contribution in [1.82, 2.24) is 10.2 Å². The Bertz CT molecular complexity index is 1170. The average molecular weight is 474 g/mol. The summed E-state index contributed by atoms with van der Waals surface area (Å²) >= 11 is 6.30. The molecule has 168 valence electrons. The highest BCUT2D eigenvalue weighted by Gasteiger charge is 2.28. The molecule has 0 saturated carbocycles. The largest absolute Gasteiger partial charge is 0.495 e. The Morgan fingerprint density at radius 2 is 2.06 bits per heavy atom. The summed E-state index contributed by atoms with van der Waals surface area (Å²) in [6.45, 7) is 1.51. The predicted octanol–water partition coefficient (Wildman–Crippen LogP) is 4.37. The maximum absolute atomic E-state index is 9.52. The van der Waals surface area contributed by atoms with Gasteiger partial charge in [0.05, 0.1) is 41.7 Å². The fourth-order valence-corrected chi connectivity index (χ4v) is 4.54. The highest BCUT2D eigenvalue weighted by molar-refractivity contribution is 6.32. The average Bonchev–Trinajstić information content (AvgIpc) is 3.22. The summed E-state index contributed by atoms with van der Waals surface area (Å²) in [7, 11) is 3.29. The highest BCUT2D eigenvalue weighted by Crippen LogP contribution is 2.36. The van der Waals surface area contributed by atoms with Gasteiger partial charge < -0.3 is 20.1 Å². The summed E-state index contributed by atoms with van der Waals surface area (Å²) in [5, 5.41) is 20.9. The second-order valence-electron chi connectivity index (χ2n) is 7.62. The maximum atomic E-state index is 9.52. The van der Waals surface area contributed by atoms with Crippen molar-refractivity contribution in [3.05, 3.63) is 52.2 Å². The molecule has 0 radical (unpaired) electrons. The Kier molecular flexibility index (Phi) is 7.62. The van der Waals surface area contributed by atoms with Gasteiger partial charge in [-0.3, -0.25) is 0 Å². The number of nitriles is 1. The topological polar surface area (TPSA) is 97.3 Å². The monoisotopic (exact) mass is 473 g/mol. The Morgan fingerprint density at radius 3 is 2.75 bits per heavy atom. The molecule has 4 rings (SSSR count). The van der Waals surface area contributed by atoms with Gasteiger partial charge in [-0.05, 0) is 42.7 Å². The Labute approximate surface area is 198 Å². The molecule has 1 saturated heterocycles. The summed E-state index contributed by atoms with van der Waals surface area (Å²) in [6, 6.07) is 11.7. The molecule has 1 fully saturated rings. The van der Waals surface area contributed by atoms with Crippen LogP contribution in [0.15, 0.2) is 30.3 Å². The fourth-order valence-electron chi connectivity index (χ4n) is 4.26. The third kappa shape index (κ3) is 4.40. The molecule has 32 heavy (non-hydrogen) atoms. The van der Waals surface area contributed by atoms with Crippen LogP contribution < -0.4 is 15.4 Å². The van der Waals surface area contributed by atoms with Crippen LogP contribution in [0.25, 0.3) is 10.8 Å². The van der Waals surface area contributed by atoms with E-state index in [0.717, 1.165) is 41.5 Å². The van der Waals surface area contributed by atoms with E-state index in [1.165, 1.54) is 0 Å². The van der Waals surface area contributed by atoms with Crippen molar-refractivity contribution in [2.75, 3.05) is 38.0 Å². The van der Waals surface area contributed by atoms with E-state index in [0.29, 0.717) is 40.7 Å². The van der Waals surface area contributed by atoms with E-state index in [2.05, 4.69) is 21.2 Å². The minimum absolute atomic E-state index is 0. The van der Waals surface area contributed by atoms with Crippen molar-refractivity contribution < 1.29 is 9.47 Å². The molecule has 1 aromatic heterocycles. The van der Waals surface area contributed by atoms with E-state index >= 15 is 0 Å². The highest BCUT2D eigenvalue weighted by atomic mass is 35.5. The zero-order valence-electron chi connectivity index (χ0n) is 18.0. The third-order valence-corrected chi connectivity index (χ3v) is 6.05. The zero-order chi connectivity index (χ0) is 22.0. The predicted molar refractivity (Wildman–Crippen MR) is 129 cm³/mol. The first-order valence-corrected chi connectivity index (χ1v) is 10.5. The minimum Gasteiger partial charge on any atom is -0.495 e. The van der Waals surface area contributed by atoms with E-state index in [9.17, 15) is 5.26 Å². The van der Waals surface area contributed by atoms with Gasteiger partial charge in [0.15, 0.2) is 5.82 Å². The third-order valence-electron chi connectivity index (χ3n) is 5.76. The van der Waals surface area contributed by atoms with Gasteiger partial charge in [0.1, 0.15) is 11.8 Å². The number of fused-ring (bicyclic) bond motifs is 1. The van der Waals surface area contributed by atoms with Gasteiger partial charge in [-0.1, -0.05) is 17.7 Å². The standard InChI is InChI=1S/C23H24ClN5O2.ClH/c1-30-13-16-4-3-9-29(16)23-17-7-6-15(12-25)22(26)21(17)19(27-28-23)11-14-5-8-20(31-2)18(24)10-14;/h5-8,10,16H,3-4,9,11,13,26H2,1-2H3;1H/t16-;/m0./s1. The SMILES string of the molecule is COC[C@@H]1CCCN1c1nnc(Cc2ccc(OC)c(Cl)c2)c2c(N)c(C#N)ccc12.Cl. The van der Waals surface area contributed by atoms with Crippen molar-refractivity contribution in [2.24, 2.45) is 0 Å². The first kappa shape index (κ1) is 23.9. The Balaban J connectivity index is 0.00000289. The molecular formula is C23H25Cl2N5O2. The molecule has 0 amide bonds. The Morgan fingerprint density at radius 1 is 1.25 bits per heavy atom. The second-order valence-corrected chi connectivity index (χ2v) is 8.03. The molecule has 0 unspecified atom stereocenters. The number of nitrogens with two attached hydrogens (primary N) is 1. The number of anilines is 2. The Hall–Kier alpha value is -2.79. The van der Waals surface area contributed by atoms with Gasteiger partial charge in [-0.2, -0.15) is 10.4 Å². The van der Waals surface area contributed by atoms with Gasteiger partial charge >= 0.3 is 0 Å². The number of halogens is 2. The van der Waals surface area contributed by atoms with Gasteiger partial charge in [0.25, 0.3) is 0 Å². The van der Waals surface area contributed by atoms with E-state index in [4.69, 9.17) is 26.8 Å². The van der Waals surface area contributed by atoms with E-state index in [1.807, 2.05) is 24.3 Å². The van der Waals surface area contributed by atoms with E-state index < -0.39 is 0 Å². The van der Waals surface area contributed by atoms with Crippen LogP contribution in [0.4, 0.5) is 11.5 Å². The van der Waals surface area contributed by atoms with Crippen molar-refractivity contribution in [3.63, 3.8) is 0 Å². The van der Waals surface area contributed by atoms with Crippen LogP contribution in [0.5, 0.6) is 5.75 Å². The first-order chi connectivity index (χ1) is 15.1. The number of hydrogen-bond acceptors (Lipinski definition) is 7. The number of nitrogens with zero attached hydrogens (tertiary/aromatic N) is 4. The number of rotatable bonds is 6. The normalized spacial score (nSPS) is 15.4. The lowest BCUT2D eigenvalue weighted by Gasteiger charge is -2.26. The summed E-state index contributed by atoms with van der Waals surface area (Å²) in [5.74, 6) is 1.39. The molecule has 9 heteroatoms. The summed E-state index contributed by atoms with van der Waals surface area (Å²) in [4.78, 5) is 2.23. The molecule has 0 bridgehead atoms. The number of aromatic nitrogens is 2. The van der Waals surface area contributed by atoms with Crippen LogP contribution >= 0.6 is 24.0 Å². The molecule has 7 nitrogen and oxygen atoms in total.